The van der Waals surface area contributed by atoms with Crippen molar-refractivity contribution in [2.45, 2.75) is 67.6 Å². The lowest BCUT2D eigenvalue weighted by Gasteiger charge is -2.46. The average molecular weight is 432 g/mol. The molecule has 0 atom stereocenters. The molecule has 0 aliphatic heterocycles. The lowest BCUT2D eigenvalue weighted by atomic mass is 9.63. The molecule has 0 aromatic carbocycles. The second-order valence-electron chi connectivity index (χ2n) is 5.65. The Kier molecular flexibility index (Phi) is 4.65. The first-order valence-electron chi connectivity index (χ1n) is 6.43. The first-order chi connectivity index (χ1) is 7.18. The Hall–Kier alpha value is 1.46. The van der Waals surface area contributed by atoms with Gasteiger partial charge in [0.25, 0.3) is 0 Å². The van der Waals surface area contributed by atoms with Crippen LogP contribution >= 0.6 is 45.2 Å². The van der Waals surface area contributed by atoms with E-state index in [2.05, 4.69) is 45.2 Å². The van der Waals surface area contributed by atoms with Crippen molar-refractivity contribution < 1.29 is 0 Å². The summed E-state index contributed by atoms with van der Waals surface area (Å²) in [6.45, 7) is 0. The fraction of sp³-hybridized carbons (Fsp3) is 1.00. The van der Waals surface area contributed by atoms with Crippen molar-refractivity contribution in [3.05, 3.63) is 0 Å². The van der Waals surface area contributed by atoms with E-state index in [1.165, 1.54) is 55.8 Å². The van der Waals surface area contributed by atoms with Gasteiger partial charge >= 0.3 is 0 Å². The Labute approximate surface area is 122 Å². The van der Waals surface area contributed by atoms with Crippen LogP contribution in [-0.4, -0.2) is 7.85 Å². The molecule has 2 aliphatic rings. The van der Waals surface area contributed by atoms with E-state index in [1.54, 1.807) is 12.8 Å². The maximum atomic E-state index is 2.76. The molecule has 0 amide bonds. The van der Waals surface area contributed by atoms with Crippen molar-refractivity contribution in [1.29, 1.82) is 0 Å². The van der Waals surface area contributed by atoms with Crippen LogP contribution in [0.4, 0.5) is 0 Å². The average Bonchev–Trinajstić information content (AvgIpc) is 2.25. The van der Waals surface area contributed by atoms with Crippen LogP contribution in [0.3, 0.4) is 0 Å². The molecule has 0 N–H and O–H groups in total. The van der Waals surface area contributed by atoms with Crippen LogP contribution in [0.1, 0.15) is 64.2 Å². The van der Waals surface area contributed by atoms with E-state index < -0.39 is 0 Å². The van der Waals surface area contributed by atoms with Gasteiger partial charge in [0.2, 0.25) is 0 Å². The molecule has 2 heteroatoms. The fourth-order valence-electron chi connectivity index (χ4n) is 3.45. The van der Waals surface area contributed by atoms with Crippen LogP contribution in [0.25, 0.3) is 0 Å². The number of halogens is 2. The predicted octanol–water partition coefficient (Wildman–Crippen LogP) is 5.51. The van der Waals surface area contributed by atoms with E-state index in [4.69, 9.17) is 0 Å². The lowest BCUT2D eigenvalue weighted by molar-refractivity contribution is 0.110. The summed E-state index contributed by atoms with van der Waals surface area (Å²) in [7, 11) is 0. The molecule has 2 fully saturated rings. The third kappa shape index (κ3) is 3.23. The van der Waals surface area contributed by atoms with Crippen LogP contribution in [0, 0.1) is 5.41 Å². The molecule has 0 bridgehead atoms. The molecule has 0 saturated heterocycles. The highest BCUT2D eigenvalue weighted by Gasteiger charge is 2.41. The van der Waals surface area contributed by atoms with Gasteiger partial charge in [0, 0.05) is 7.85 Å². The van der Waals surface area contributed by atoms with E-state index >= 15 is 0 Å². The van der Waals surface area contributed by atoms with Crippen molar-refractivity contribution in [3.63, 3.8) is 0 Å². The topological polar surface area (TPSA) is 0 Å². The molecule has 0 radical (unpaired) electrons. The highest BCUT2D eigenvalue weighted by Crippen LogP contribution is 2.53. The van der Waals surface area contributed by atoms with Crippen LogP contribution in [-0.2, 0) is 0 Å². The third-order valence-electron chi connectivity index (χ3n) is 4.66. The van der Waals surface area contributed by atoms with Gasteiger partial charge in [0.05, 0.1) is 0 Å². The van der Waals surface area contributed by atoms with E-state index in [-0.39, 0.29) is 0 Å². The number of hydrogen-bond donors (Lipinski definition) is 0. The van der Waals surface area contributed by atoms with Gasteiger partial charge in [-0.25, -0.2) is 0 Å². The Morgan fingerprint density at radius 3 is 1.93 bits per heavy atom. The minimum absolute atomic E-state index is 0.668. The van der Waals surface area contributed by atoms with E-state index in [0.29, 0.717) is 3.42 Å². The molecule has 0 aromatic rings. The minimum Gasteiger partial charge on any atom is -0.0863 e. The monoisotopic (exact) mass is 432 g/mol. The molecule has 2 rings (SSSR count). The minimum atomic E-state index is 0.668. The third-order valence-corrected chi connectivity index (χ3v) is 6.82. The van der Waals surface area contributed by atoms with Gasteiger partial charge < -0.3 is 0 Å². The summed E-state index contributed by atoms with van der Waals surface area (Å²) < 4.78 is 2.01. The fourth-order valence-corrected chi connectivity index (χ4v) is 6.32. The van der Waals surface area contributed by atoms with Gasteiger partial charge in [-0.15, -0.1) is 0 Å². The zero-order chi connectivity index (χ0) is 10.8. The molecule has 1 spiro atoms. The number of rotatable bonds is 2. The van der Waals surface area contributed by atoms with Crippen LogP contribution < -0.4 is 0 Å². The molecule has 0 aromatic heterocycles. The maximum absolute atomic E-state index is 2.76. The highest BCUT2D eigenvalue weighted by atomic mass is 127. The van der Waals surface area contributed by atoms with Crippen molar-refractivity contribution in [2.75, 3.05) is 4.43 Å². The summed E-state index contributed by atoms with van der Waals surface area (Å²) in [6.07, 6.45) is 15.1. The predicted molar refractivity (Wildman–Crippen MR) is 84.2 cm³/mol. The van der Waals surface area contributed by atoms with E-state index in [9.17, 15) is 0 Å². The Morgan fingerprint density at radius 2 is 1.40 bits per heavy atom. The molecule has 0 unspecified atom stereocenters. The molecule has 2 aliphatic carbocycles. The summed E-state index contributed by atoms with van der Waals surface area (Å²) in [4.78, 5) is 0. The second kappa shape index (κ2) is 5.40. The van der Waals surface area contributed by atoms with Crippen molar-refractivity contribution in [1.82, 2.24) is 0 Å². The van der Waals surface area contributed by atoms with Gasteiger partial charge in [-0.3, -0.25) is 0 Å². The summed E-state index contributed by atoms with van der Waals surface area (Å²) in [6, 6.07) is 0. The number of hydrogen-bond acceptors (Lipinski definition) is 0. The van der Waals surface area contributed by atoms with Crippen LogP contribution in [0.2, 0.25) is 0 Å². The van der Waals surface area contributed by atoms with Gasteiger partial charge in [-0.05, 0) is 50.4 Å². The normalized spacial score (nSPS) is 29.2. The second-order valence-corrected chi connectivity index (χ2v) is 9.02. The lowest BCUT2D eigenvalue weighted by Crippen LogP contribution is -2.36. The molecular formula is C13H22I2. The van der Waals surface area contributed by atoms with E-state index in [0.717, 1.165) is 5.41 Å². The van der Waals surface area contributed by atoms with Crippen molar-refractivity contribution >= 4 is 45.2 Å². The van der Waals surface area contributed by atoms with Gasteiger partial charge in [0.15, 0.2) is 0 Å². The number of alkyl halides is 2. The van der Waals surface area contributed by atoms with Crippen molar-refractivity contribution in [3.8, 4) is 0 Å². The van der Waals surface area contributed by atoms with Gasteiger partial charge in [-0.2, -0.15) is 0 Å². The smallest absolute Gasteiger partial charge is 0.0230 e. The summed E-state index contributed by atoms with van der Waals surface area (Å²) in [5.41, 5.74) is 0.804. The maximum Gasteiger partial charge on any atom is 0.0230 e. The Balaban J connectivity index is 1.90. The van der Waals surface area contributed by atoms with Crippen molar-refractivity contribution in [2.24, 2.45) is 5.41 Å². The Morgan fingerprint density at radius 1 is 0.800 bits per heavy atom. The van der Waals surface area contributed by atoms with E-state index in [1.807, 2.05) is 0 Å². The SMILES string of the molecule is ICCC1(I)CCC2(CCCCC2)CC1. The van der Waals surface area contributed by atoms with Gasteiger partial charge in [-0.1, -0.05) is 64.4 Å². The molecule has 0 nitrogen and oxygen atoms in total. The first-order valence-corrected chi connectivity index (χ1v) is 9.04. The molecular weight excluding hydrogens is 410 g/mol. The quantitative estimate of drug-likeness (QED) is 0.399. The van der Waals surface area contributed by atoms with Crippen LogP contribution in [0.15, 0.2) is 0 Å². The Bertz CT molecular complexity index is 197. The zero-order valence-corrected chi connectivity index (χ0v) is 13.8. The largest absolute Gasteiger partial charge is 0.0863 e. The van der Waals surface area contributed by atoms with Crippen LogP contribution in [0.5, 0.6) is 0 Å². The first kappa shape index (κ1) is 12.9. The molecule has 0 heterocycles. The highest BCUT2D eigenvalue weighted by molar-refractivity contribution is 14.1. The summed E-state index contributed by atoms with van der Waals surface area (Å²) in [5, 5.41) is 0. The molecule has 2 saturated carbocycles. The zero-order valence-electron chi connectivity index (χ0n) is 9.53. The standard InChI is InChI=1S/C13H22I2/c14-11-10-13(15)8-6-12(7-9-13)4-2-1-3-5-12/h1-11H2. The molecule has 15 heavy (non-hydrogen) atoms. The molecule has 88 valence electrons. The summed E-state index contributed by atoms with van der Waals surface area (Å²) in [5.74, 6) is 0. The van der Waals surface area contributed by atoms with Gasteiger partial charge in [0.1, 0.15) is 0 Å². The summed E-state index contributed by atoms with van der Waals surface area (Å²) >= 11 is 5.31.